The number of carbonyl (C=O) groups excluding carboxylic acids is 1. The number of rotatable bonds is 15. The maximum absolute atomic E-state index is 13.3. The summed E-state index contributed by atoms with van der Waals surface area (Å²) in [6.07, 6.45) is 12.8. The maximum atomic E-state index is 13.3. The van der Waals surface area contributed by atoms with Crippen LogP contribution >= 0.6 is 0 Å². The monoisotopic (exact) mass is 703 g/mol. The van der Waals surface area contributed by atoms with Crippen molar-refractivity contribution in [3.8, 4) is 35.2 Å². The van der Waals surface area contributed by atoms with Gasteiger partial charge in [-0.3, -0.25) is 4.79 Å². The Morgan fingerprint density at radius 2 is 1.86 bits per heavy atom. The van der Waals surface area contributed by atoms with E-state index in [1.807, 2.05) is 13.0 Å². The normalized spacial score (nSPS) is 25.4. The number of benzene rings is 1. The number of aliphatic hydroxyl groups excluding tert-OH is 2. The molecule has 0 amide bonds. The quantitative estimate of drug-likeness (QED) is 0.0654. The van der Waals surface area contributed by atoms with Crippen molar-refractivity contribution >= 4 is 11.7 Å². The molecule has 1 fully saturated rings. The molecule has 280 valence electrons. The average molecular weight is 704 g/mol. The predicted molar refractivity (Wildman–Crippen MR) is 202 cm³/mol. The first kappa shape index (κ1) is 40.3. The molecule has 1 saturated carbocycles. The molecule has 0 saturated heterocycles. The highest BCUT2D eigenvalue weighted by Crippen LogP contribution is 2.47. The molecular formula is C42H61N3O6. The van der Waals surface area contributed by atoms with Gasteiger partial charge >= 0.3 is 0 Å². The van der Waals surface area contributed by atoms with Gasteiger partial charge in [-0.25, -0.2) is 4.99 Å². The largest absolute Gasteiger partial charge is 0.504 e. The van der Waals surface area contributed by atoms with Gasteiger partial charge in [-0.05, 0) is 118 Å². The third-order valence-electron chi connectivity index (χ3n) is 10.8. The van der Waals surface area contributed by atoms with Gasteiger partial charge in [0.2, 0.25) is 0 Å². The number of hydrogen-bond donors (Lipinski definition) is 5. The first-order valence-corrected chi connectivity index (χ1v) is 19.3. The number of ketones is 1. The number of carbonyl (C=O) groups is 1. The predicted octanol–water partition coefficient (Wildman–Crippen LogP) is 5.90. The van der Waals surface area contributed by atoms with E-state index in [0.29, 0.717) is 50.4 Å². The number of aryl methyl sites for hydroxylation is 1. The molecule has 0 unspecified atom stereocenters. The Kier molecular flexibility index (Phi) is 16.2. The molecular weight excluding hydrogens is 642 g/mol. The highest BCUT2D eigenvalue weighted by Gasteiger charge is 2.36. The molecule has 0 radical (unpaired) electrons. The average Bonchev–Trinajstić information content (AvgIpc) is 3.62. The Morgan fingerprint density at radius 1 is 1.08 bits per heavy atom. The summed E-state index contributed by atoms with van der Waals surface area (Å²) in [5, 5.41) is 32.0. The number of nitrogens with two attached hydrogens (primary N) is 2. The lowest BCUT2D eigenvalue weighted by molar-refractivity contribution is -0.114. The minimum atomic E-state index is -0.343. The Bertz CT molecular complexity index is 1490. The highest BCUT2D eigenvalue weighted by molar-refractivity contribution is 5.90. The van der Waals surface area contributed by atoms with E-state index in [0.717, 1.165) is 80.1 Å². The van der Waals surface area contributed by atoms with E-state index in [9.17, 15) is 20.1 Å². The van der Waals surface area contributed by atoms with E-state index >= 15 is 0 Å². The topological polar surface area (TPSA) is 161 Å². The zero-order chi connectivity index (χ0) is 36.8. The van der Waals surface area contributed by atoms with Crippen LogP contribution in [0.3, 0.4) is 0 Å². The Labute approximate surface area is 305 Å². The van der Waals surface area contributed by atoms with Crippen LogP contribution in [-0.4, -0.2) is 66.1 Å². The van der Waals surface area contributed by atoms with Gasteiger partial charge in [0.05, 0.1) is 24.7 Å². The first-order valence-electron chi connectivity index (χ1n) is 19.3. The number of ether oxygens (including phenoxy) is 2. The molecule has 0 aromatic heterocycles. The van der Waals surface area contributed by atoms with Crippen molar-refractivity contribution in [2.45, 2.75) is 128 Å². The molecule has 4 aliphatic carbocycles. The van der Waals surface area contributed by atoms with Crippen LogP contribution in [0.4, 0.5) is 0 Å². The lowest BCUT2D eigenvalue weighted by Crippen LogP contribution is -2.33. The molecule has 1 aromatic carbocycles. The Hall–Kier alpha value is -3.50. The fourth-order valence-electron chi connectivity index (χ4n) is 8.11. The highest BCUT2D eigenvalue weighted by atomic mass is 16.5. The SMILES string of the molecule is CCCC(=CC(=O)CCc1cc(OC2CCCC2)c(O)c2c1C#C[C@@H]1[C@H](CCCO)C#CC[C@H](C)CC[C@@H]2[C@H](COC)CC[C@H]1N=C(N)N)CO. The summed E-state index contributed by atoms with van der Waals surface area (Å²) >= 11 is 0. The number of aliphatic hydroxyl groups is 2. The van der Waals surface area contributed by atoms with E-state index in [-0.39, 0.29) is 72.9 Å². The van der Waals surface area contributed by atoms with Crippen LogP contribution in [0, 0.1) is 47.4 Å². The second-order valence-electron chi connectivity index (χ2n) is 14.9. The number of phenolic OH excluding ortho intramolecular Hbond substituents is 1. The lowest BCUT2D eigenvalue weighted by atomic mass is 9.73. The van der Waals surface area contributed by atoms with Crippen LogP contribution in [0.25, 0.3) is 0 Å². The Balaban J connectivity index is 2.00. The number of guanidine groups is 1. The molecule has 5 rings (SSSR count). The van der Waals surface area contributed by atoms with E-state index in [1.165, 1.54) is 0 Å². The van der Waals surface area contributed by atoms with Crippen molar-refractivity contribution in [2.24, 2.45) is 40.1 Å². The van der Waals surface area contributed by atoms with Crippen LogP contribution in [-0.2, 0) is 16.0 Å². The molecule has 6 atom stereocenters. The van der Waals surface area contributed by atoms with Gasteiger partial charge in [-0.15, -0.1) is 5.92 Å². The number of fused-ring (bicyclic) bond motifs is 8. The fraction of sp³-hybridized carbons (Fsp3) is 0.667. The van der Waals surface area contributed by atoms with Crippen molar-refractivity contribution in [1.29, 1.82) is 0 Å². The zero-order valence-electron chi connectivity index (χ0n) is 31.1. The second-order valence-corrected chi connectivity index (χ2v) is 14.9. The molecule has 0 spiro atoms. The minimum Gasteiger partial charge on any atom is -0.504 e. The zero-order valence-corrected chi connectivity index (χ0v) is 31.1. The number of aromatic hydroxyl groups is 1. The van der Waals surface area contributed by atoms with Crippen molar-refractivity contribution in [3.63, 3.8) is 0 Å². The lowest BCUT2D eigenvalue weighted by Gasteiger charge is -2.33. The van der Waals surface area contributed by atoms with Crippen LogP contribution in [0.2, 0.25) is 0 Å². The summed E-state index contributed by atoms with van der Waals surface area (Å²) in [5.74, 6) is 14.3. The fourth-order valence-corrected chi connectivity index (χ4v) is 8.11. The van der Waals surface area contributed by atoms with Crippen molar-refractivity contribution < 1.29 is 29.6 Å². The molecule has 7 N–H and O–H groups in total. The molecule has 1 aromatic rings. The summed E-state index contributed by atoms with van der Waals surface area (Å²) in [5.41, 5.74) is 15.2. The van der Waals surface area contributed by atoms with Gasteiger partial charge in [-0.2, -0.15) is 0 Å². The summed E-state index contributed by atoms with van der Waals surface area (Å²) in [4.78, 5) is 18.0. The summed E-state index contributed by atoms with van der Waals surface area (Å²) in [6, 6.07) is 1.57. The Morgan fingerprint density at radius 3 is 2.55 bits per heavy atom. The minimum absolute atomic E-state index is 0.000155. The number of hydrogen-bond acceptors (Lipinski definition) is 7. The van der Waals surface area contributed by atoms with Gasteiger partial charge in [0.15, 0.2) is 23.2 Å². The van der Waals surface area contributed by atoms with Gasteiger partial charge in [0.25, 0.3) is 0 Å². The third kappa shape index (κ3) is 11.5. The summed E-state index contributed by atoms with van der Waals surface area (Å²) < 4.78 is 12.5. The number of methoxy groups -OCH3 is 1. The van der Waals surface area contributed by atoms with Crippen molar-refractivity contribution in [3.05, 3.63) is 34.4 Å². The van der Waals surface area contributed by atoms with Crippen LogP contribution in [0.1, 0.15) is 126 Å². The van der Waals surface area contributed by atoms with Crippen LogP contribution < -0.4 is 16.2 Å². The third-order valence-corrected chi connectivity index (χ3v) is 10.8. The smallest absolute Gasteiger partial charge is 0.186 e. The molecule has 2 bridgehead atoms. The molecule has 9 heteroatoms. The van der Waals surface area contributed by atoms with E-state index < -0.39 is 0 Å². The van der Waals surface area contributed by atoms with Crippen molar-refractivity contribution in [2.75, 3.05) is 26.9 Å². The molecule has 0 heterocycles. The second kappa shape index (κ2) is 20.5. The van der Waals surface area contributed by atoms with E-state index in [1.54, 1.807) is 13.2 Å². The van der Waals surface area contributed by atoms with Gasteiger partial charge in [0, 0.05) is 50.2 Å². The van der Waals surface area contributed by atoms with Gasteiger partial charge < -0.3 is 36.3 Å². The molecule has 4 aliphatic rings. The molecule has 9 nitrogen and oxygen atoms in total. The number of aliphatic imine (C=N–C) groups is 1. The molecule has 51 heavy (non-hydrogen) atoms. The van der Waals surface area contributed by atoms with Crippen molar-refractivity contribution in [1.82, 2.24) is 0 Å². The standard InChI is InChI=1S/C42H61N3O6/c1-4-9-29(26-47)24-33(48)18-16-31-25-39(51-34-13-5-6-14-34)41(49)40-36(31)21-20-35-30(12-8-23-46)11-7-10-28(2)15-19-37(40)32(27-50-3)17-22-38(35)45-42(43)44/h24-25,28,30,32,34-35,37-38,46-47,49H,4-6,8-10,12-19,22-23,26-27H2,1-3H3,(H4,43,44,45)/t28-,30-,32-,35+,37+,38+/m0/s1. The number of nitrogens with zero attached hydrogens (tertiary/aromatic N) is 1. The first-order chi connectivity index (χ1) is 24.7. The number of allylic oxidation sites excluding steroid dienone is 1. The van der Waals surface area contributed by atoms with E-state index in [4.69, 9.17) is 25.9 Å². The number of phenols is 1. The summed E-state index contributed by atoms with van der Waals surface area (Å²) in [6.45, 7) is 4.63. The maximum Gasteiger partial charge on any atom is 0.186 e. The van der Waals surface area contributed by atoms with E-state index in [2.05, 4.69) is 30.6 Å². The van der Waals surface area contributed by atoms with Gasteiger partial charge in [0.1, 0.15) is 0 Å². The van der Waals surface area contributed by atoms with Crippen LogP contribution in [0.5, 0.6) is 11.5 Å². The summed E-state index contributed by atoms with van der Waals surface area (Å²) in [7, 11) is 1.71. The molecule has 0 aliphatic heterocycles. The van der Waals surface area contributed by atoms with Crippen LogP contribution in [0.15, 0.2) is 22.7 Å². The van der Waals surface area contributed by atoms with Gasteiger partial charge in [-0.1, -0.05) is 38.0 Å².